The molecule has 0 unspecified atom stereocenters. The van der Waals surface area contributed by atoms with E-state index in [4.69, 9.17) is 0 Å². The van der Waals surface area contributed by atoms with Crippen molar-refractivity contribution in [2.24, 2.45) is 0 Å². The fourth-order valence-corrected chi connectivity index (χ4v) is 2.66. The van der Waals surface area contributed by atoms with Gasteiger partial charge in [-0.05, 0) is 54.5 Å². The van der Waals surface area contributed by atoms with Crippen molar-refractivity contribution in [2.75, 3.05) is 18.6 Å². The van der Waals surface area contributed by atoms with Gasteiger partial charge in [-0.3, -0.25) is 4.79 Å². The summed E-state index contributed by atoms with van der Waals surface area (Å²) < 4.78 is 0. The maximum atomic E-state index is 12.0. The van der Waals surface area contributed by atoms with Crippen molar-refractivity contribution in [3.05, 3.63) is 65.3 Å². The first-order chi connectivity index (χ1) is 10.8. The second kappa shape index (κ2) is 9.31. The molecule has 1 aromatic carbocycles. The highest BCUT2D eigenvalue weighted by Crippen LogP contribution is 2.15. The Bertz CT molecular complexity index is 570. The topological polar surface area (TPSA) is 29.1 Å². The van der Waals surface area contributed by atoms with E-state index in [0.717, 1.165) is 42.7 Å². The highest BCUT2D eigenvalue weighted by molar-refractivity contribution is 7.98. The van der Waals surface area contributed by atoms with Gasteiger partial charge in [0.15, 0.2) is 0 Å². The van der Waals surface area contributed by atoms with E-state index in [1.165, 1.54) is 5.57 Å². The summed E-state index contributed by atoms with van der Waals surface area (Å²) in [4.78, 5) is 12.0. The van der Waals surface area contributed by atoms with E-state index in [-0.39, 0.29) is 5.91 Å². The van der Waals surface area contributed by atoms with Crippen molar-refractivity contribution in [3.8, 4) is 0 Å². The van der Waals surface area contributed by atoms with E-state index in [1.807, 2.05) is 24.3 Å². The number of nitrogens with one attached hydrogen (secondary N) is 1. The van der Waals surface area contributed by atoms with Crippen LogP contribution >= 0.6 is 11.8 Å². The van der Waals surface area contributed by atoms with Crippen molar-refractivity contribution >= 4 is 23.7 Å². The summed E-state index contributed by atoms with van der Waals surface area (Å²) in [5.74, 6) is 1.09. The lowest BCUT2D eigenvalue weighted by Gasteiger charge is -2.05. The molecule has 2 rings (SSSR count). The van der Waals surface area contributed by atoms with E-state index in [1.54, 1.807) is 11.8 Å². The lowest BCUT2D eigenvalue weighted by molar-refractivity contribution is 0.0954. The largest absolute Gasteiger partial charge is 0.352 e. The van der Waals surface area contributed by atoms with Crippen LogP contribution in [-0.4, -0.2) is 24.5 Å². The molecule has 0 fully saturated rings. The van der Waals surface area contributed by atoms with Gasteiger partial charge in [-0.1, -0.05) is 42.5 Å². The van der Waals surface area contributed by atoms with Gasteiger partial charge in [0.1, 0.15) is 0 Å². The molecule has 0 saturated carbocycles. The molecular formula is C19H23NOS. The van der Waals surface area contributed by atoms with Crippen molar-refractivity contribution in [1.29, 1.82) is 0 Å². The fourth-order valence-electron chi connectivity index (χ4n) is 2.23. The van der Waals surface area contributed by atoms with Gasteiger partial charge in [-0.25, -0.2) is 0 Å². The van der Waals surface area contributed by atoms with Crippen molar-refractivity contribution < 1.29 is 4.79 Å². The normalized spacial score (nSPS) is 14.1. The standard InChI is InChI=1S/C19H23NOS/c1-22-15-5-14-20-19(21)18-12-10-17(11-13-18)9-8-16-6-3-2-4-7-16/h2-3,6,8-13H,4-5,7,14-15H2,1H3,(H,20,21)/b9-8+. The van der Waals surface area contributed by atoms with Crippen molar-refractivity contribution in [3.63, 3.8) is 0 Å². The van der Waals surface area contributed by atoms with Crippen LogP contribution in [-0.2, 0) is 0 Å². The average Bonchev–Trinajstić information content (AvgIpc) is 2.58. The highest BCUT2D eigenvalue weighted by atomic mass is 32.2. The third-order valence-corrected chi connectivity index (χ3v) is 4.22. The summed E-state index contributed by atoms with van der Waals surface area (Å²) in [5, 5.41) is 2.95. The number of thioether (sulfide) groups is 1. The molecule has 1 aliphatic rings. The number of hydrogen-bond acceptors (Lipinski definition) is 2. The zero-order chi connectivity index (χ0) is 15.6. The molecule has 0 heterocycles. The van der Waals surface area contributed by atoms with Crippen LogP contribution in [0.15, 0.2) is 54.1 Å². The Morgan fingerprint density at radius 2 is 2.09 bits per heavy atom. The second-order valence-corrected chi connectivity index (χ2v) is 6.25. The SMILES string of the molecule is CSCCCNC(=O)c1ccc(/C=C/C2=CC=CCC2)cc1. The molecule has 0 aliphatic heterocycles. The van der Waals surface area contributed by atoms with Gasteiger partial charge in [-0.2, -0.15) is 11.8 Å². The number of hydrogen-bond donors (Lipinski definition) is 1. The quantitative estimate of drug-likeness (QED) is 0.753. The highest BCUT2D eigenvalue weighted by Gasteiger charge is 2.03. The molecule has 116 valence electrons. The minimum atomic E-state index is 0.0109. The van der Waals surface area contributed by atoms with Gasteiger partial charge in [0, 0.05) is 12.1 Å². The van der Waals surface area contributed by atoms with Gasteiger partial charge in [0.05, 0.1) is 0 Å². The van der Waals surface area contributed by atoms with E-state index in [2.05, 4.69) is 42.0 Å². The molecule has 2 nitrogen and oxygen atoms in total. The summed E-state index contributed by atoms with van der Waals surface area (Å²) in [7, 11) is 0. The summed E-state index contributed by atoms with van der Waals surface area (Å²) in [6, 6.07) is 7.76. The molecule has 22 heavy (non-hydrogen) atoms. The van der Waals surface area contributed by atoms with Gasteiger partial charge < -0.3 is 5.32 Å². The second-order valence-electron chi connectivity index (χ2n) is 5.27. The van der Waals surface area contributed by atoms with E-state index in [0.29, 0.717) is 0 Å². The van der Waals surface area contributed by atoms with Gasteiger partial charge in [0.25, 0.3) is 5.91 Å². The summed E-state index contributed by atoms with van der Waals surface area (Å²) in [5.41, 5.74) is 3.19. The number of rotatable bonds is 7. The maximum absolute atomic E-state index is 12.0. The van der Waals surface area contributed by atoms with Crippen LogP contribution in [0.1, 0.15) is 35.2 Å². The Morgan fingerprint density at radius 1 is 1.27 bits per heavy atom. The van der Waals surface area contributed by atoms with Crippen LogP contribution < -0.4 is 5.32 Å². The lowest BCUT2D eigenvalue weighted by Crippen LogP contribution is -2.24. The summed E-state index contributed by atoms with van der Waals surface area (Å²) >= 11 is 1.80. The molecule has 0 spiro atoms. The van der Waals surface area contributed by atoms with Gasteiger partial charge in [0.2, 0.25) is 0 Å². The number of carbonyl (C=O) groups excluding carboxylic acids is 1. The molecule has 0 atom stereocenters. The van der Waals surface area contributed by atoms with Crippen LogP contribution in [0, 0.1) is 0 Å². The van der Waals surface area contributed by atoms with Crippen molar-refractivity contribution in [2.45, 2.75) is 19.3 Å². The zero-order valence-electron chi connectivity index (χ0n) is 13.0. The Hall–Kier alpha value is -1.74. The summed E-state index contributed by atoms with van der Waals surface area (Å²) in [6.45, 7) is 0.739. The molecule has 0 aromatic heterocycles. The third kappa shape index (κ3) is 5.57. The Balaban J connectivity index is 1.87. The summed E-state index contributed by atoms with van der Waals surface area (Å²) in [6.07, 6.45) is 16.0. The van der Waals surface area contributed by atoms with Crippen LogP contribution in [0.25, 0.3) is 6.08 Å². The Morgan fingerprint density at radius 3 is 2.77 bits per heavy atom. The predicted molar refractivity (Wildman–Crippen MR) is 97.3 cm³/mol. The molecule has 0 bridgehead atoms. The number of allylic oxidation sites excluding steroid dienone is 5. The maximum Gasteiger partial charge on any atom is 0.251 e. The van der Waals surface area contributed by atoms with Crippen LogP contribution in [0.4, 0.5) is 0 Å². The van der Waals surface area contributed by atoms with E-state index < -0.39 is 0 Å². The molecule has 3 heteroatoms. The molecule has 1 aliphatic carbocycles. The Kier molecular flexibility index (Phi) is 7.04. The monoisotopic (exact) mass is 313 g/mol. The van der Waals surface area contributed by atoms with E-state index in [9.17, 15) is 4.79 Å². The fraction of sp³-hybridized carbons (Fsp3) is 0.316. The Labute approximate surface area is 137 Å². The van der Waals surface area contributed by atoms with Crippen LogP contribution in [0.3, 0.4) is 0 Å². The molecule has 0 saturated heterocycles. The molecule has 1 N–H and O–H groups in total. The number of carbonyl (C=O) groups is 1. The molecule has 1 aromatic rings. The smallest absolute Gasteiger partial charge is 0.251 e. The number of amides is 1. The minimum Gasteiger partial charge on any atom is -0.352 e. The van der Waals surface area contributed by atoms with Crippen LogP contribution in [0.5, 0.6) is 0 Å². The van der Waals surface area contributed by atoms with Gasteiger partial charge >= 0.3 is 0 Å². The first kappa shape index (κ1) is 16.6. The zero-order valence-corrected chi connectivity index (χ0v) is 13.9. The minimum absolute atomic E-state index is 0.0109. The molecular weight excluding hydrogens is 290 g/mol. The van der Waals surface area contributed by atoms with Crippen LogP contribution in [0.2, 0.25) is 0 Å². The van der Waals surface area contributed by atoms with E-state index >= 15 is 0 Å². The predicted octanol–water partition coefficient (Wildman–Crippen LogP) is 4.46. The van der Waals surface area contributed by atoms with Gasteiger partial charge in [-0.15, -0.1) is 0 Å². The molecule has 1 amide bonds. The lowest BCUT2D eigenvalue weighted by atomic mass is 10.0. The number of benzene rings is 1. The first-order valence-electron chi connectivity index (χ1n) is 7.70. The average molecular weight is 313 g/mol. The van der Waals surface area contributed by atoms with Crippen molar-refractivity contribution in [1.82, 2.24) is 5.32 Å². The molecule has 0 radical (unpaired) electrons. The third-order valence-electron chi connectivity index (χ3n) is 3.52. The first-order valence-corrected chi connectivity index (χ1v) is 9.10.